The topological polar surface area (TPSA) is 105 Å². The van der Waals surface area contributed by atoms with Crippen molar-refractivity contribution in [3.63, 3.8) is 0 Å². The molecule has 3 N–H and O–H groups in total. The minimum atomic E-state index is -4.52. The lowest BCUT2D eigenvalue weighted by molar-refractivity contribution is -0.137. The summed E-state index contributed by atoms with van der Waals surface area (Å²) in [4.78, 5) is 22.2. The van der Waals surface area contributed by atoms with Gasteiger partial charge < -0.3 is 15.7 Å². The molecular weight excluding hydrogens is 497 g/mol. The van der Waals surface area contributed by atoms with Crippen molar-refractivity contribution in [1.29, 1.82) is 0 Å². The van der Waals surface area contributed by atoms with Gasteiger partial charge in [0.1, 0.15) is 11.6 Å². The van der Waals surface area contributed by atoms with Crippen molar-refractivity contribution < 1.29 is 23.1 Å². The van der Waals surface area contributed by atoms with Gasteiger partial charge in [0.2, 0.25) is 0 Å². The number of carbonyl (C=O) groups is 1. The maximum atomic E-state index is 13.1. The minimum absolute atomic E-state index is 0.0336. The number of alkyl halides is 3. The standard InChI is InChI=1S/C27H21F3N6O2/c1-15-6-7-17(26(38)32-19-5-3-4-18(13-19)27(28,29)30)12-22(15)33-24-21-14-31-36(2)25(21)35-23(34-24)16-8-10-20(37)11-9-16/h3-14,37H,1-2H3,(H,32,38)(H,33,34,35). The molecule has 0 unspecified atom stereocenters. The number of phenols is 1. The number of halogens is 3. The van der Waals surface area contributed by atoms with Crippen LogP contribution in [0.1, 0.15) is 21.5 Å². The first-order chi connectivity index (χ1) is 18.1. The highest BCUT2D eigenvalue weighted by atomic mass is 19.4. The van der Waals surface area contributed by atoms with Crippen molar-refractivity contribution in [1.82, 2.24) is 19.7 Å². The van der Waals surface area contributed by atoms with Crippen LogP contribution in [0.5, 0.6) is 5.75 Å². The molecule has 0 saturated carbocycles. The molecule has 2 aromatic heterocycles. The van der Waals surface area contributed by atoms with Gasteiger partial charge in [-0.1, -0.05) is 12.1 Å². The van der Waals surface area contributed by atoms with Crippen LogP contribution in [0.3, 0.4) is 0 Å². The van der Waals surface area contributed by atoms with Crippen LogP contribution in [0.4, 0.5) is 30.4 Å². The summed E-state index contributed by atoms with van der Waals surface area (Å²) < 4.78 is 40.8. The van der Waals surface area contributed by atoms with E-state index in [0.717, 1.165) is 17.7 Å². The van der Waals surface area contributed by atoms with Gasteiger partial charge in [-0.15, -0.1) is 0 Å². The lowest BCUT2D eigenvalue weighted by atomic mass is 10.1. The van der Waals surface area contributed by atoms with Gasteiger partial charge >= 0.3 is 6.18 Å². The van der Waals surface area contributed by atoms with Crippen LogP contribution in [0.15, 0.2) is 72.9 Å². The zero-order valence-corrected chi connectivity index (χ0v) is 20.2. The van der Waals surface area contributed by atoms with E-state index in [1.165, 1.54) is 24.3 Å². The van der Waals surface area contributed by atoms with E-state index < -0.39 is 17.6 Å². The second-order valence-electron chi connectivity index (χ2n) is 8.64. The lowest BCUT2D eigenvalue weighted by Gasteiger charge is -2.14. The highest BCUT2D eigenvalue weighted by molar-refractivity contribution is 6.05. The predicted molar refractivity (Wildman–Crippen MR) is 137 cm³/mol. The highest BCUT2D eigenvalue weighted by Crippen LogP contribution is 2.32. The van der Waals surface area contributed by atoms with Crippen molar-refractivity contribution in [2.75, 3.05) is 10.6 Å². The SMILES string of the molecule is Cc1ccc(C(=O)Nc2cccc(C(F)(F)F)c2)cc1Nc1nc(-c2ccc(O)cc2)nc2c1cnn2C. The zero-order valence-electron chi connectivity index (χ0n) is 20.2. The van der Waals surface area contributed by atoms with Crippen molar-refractivity contribution in [3.8, 4) is 17.1 Å². The zero-order chi connectivity index (χ0) is 27.0. The summed E-state index contributed by atoms with van der Waals surface area (Å²) in [6, 6.07) is 15.8. The Morgan fingerprint density at radius 1 is 1.00 bits per heavy atom. The van der Waals surface area contributed by atoms with Crippen LogP contribution in [-0.2, 0) is 13.2 Å². The van der Waals surface area contributed by atoms with Gasteiger partial charge in [-0.05, 0) is 67.1 Å². The molecule has 5 aromatic rings. The second-order valence-corrected chi connectivity index (χ2v) is 8.64. The molecule has 0 spiro atoms. The average Bonchev–Trinajstić information content (AvgIpc) is 3.26. The van der Waals surface area contributed by atoms with Gasteiger partial charge in [-0.2, -0.15) is 18.3 Å². The van der Waals surface area contributed by atoms with Gasteiger partial charge in [0, 0.05) is 29.5 Å². The molecule has 0 aliphatic heterocycles. The minimum Gasteiger partial charge on any atom is -0.508 e. The van der Waals surface area contributed by atoms with Gasteiger partial charge in [0.15, 0.2) is 11.5 Å². The first-order valence-corrected chi connectivity index (χ1v) is 11.4. The largest absolute Gasteiger partial charge is 0.508 e. The van der Waals surface area contributed by atoms with Gasteiger partial charge in [-0.25, -0.2) is 9.97 Å². The summed E-state index contributed by atoms with van der Waals surface area (Å²) in [7, 11) is 1.75. The monoisotopic (exact) mass is 518 g/mol. The molecule has 2 heterocycles. The number of phenolic OH excluding ortho intramolecular Hbond substituents is 1. The molecule has 0 saturated heterocycles. The third kappa shape index (κ3) is 4.99. The number of benzene rings is 3. The molecular formula is C27H21F3N6O2. The molecule has 5 rings (SSSR count). The summed E-state index contributed by atoms with van der Waals surface area (Å²) in [5, 5.41) is 20.3. The highest BCUT2D eigenvalue weighted by Gasteiger charge is 2.30. The molecule has 0 aliphatic carbocycles. The van der Waals surface area contributed by atoms with Gasteiger partial charge in [0.25, 0.3) is 5.91 Å². The van der Waals surface area contributed by atoms with E-state index in [4.69, 9.17) is 0 Å². The summed E-state index contributed by atoms with van der Waals surface area (Å²) in [6.07, 6.45) is -2.90. The molecule has 192 valence electrons. The number of rotatable bonds is 5. The van der Waals surface area contributed by atoms with Gasteiger partial charge in [0.05, 0.1) is 17.1 Å². The Bertz CT molecular complexity index is 1660. The third-order valence-electron chi connectivity index (χ3n) is 5.92. The number of anilines is 3. The van der Waals surface area contributed by atoms with Gasteiger partial charge in [-0.3, -0.25) is 9.48 Å². The van der Waals surface area contributed by atoms with Crippen LogP contribution in [0, 0.1) is 6.92 Å². The Labute approximate surface area is 214 Å². The number of aromatic nitrogens is 4. The maximum absolute atomic E-state index is 13.1. The molecule has 11 heteroatoms. The van der Waals surface area contributed by atoms with Crippen molar-refractivity contribution >= 4 is 34.1 Å². The molecule has 0 fully saturated rings. The molecule has 0 aliphatic rings. The number of hydrogen-bond donors (Lipinski definition) is 3. The predicted octanol–water partition coefficient (Wildman–Crippen LogP) is 6.06. The maximum Gasteiger partial charge on any atom is 0.416 e. The Morgan fingerprint density at radius 2 is 1.76 bits per heavy atom. The third-order valence-corrected chi connectivity index (χ3v) is 5.92. The number of aryl methyl sites for hydroxylation is 2. The van der Waals surface area contributed by atoms with E-state index in [0.29, 0.717) is 33.9 Å². The summed E-state index contributed by atoms with van der Waals surface area (Å²) in [5.74, 6) is 0.403. The van der Waals surface area contributed by atoms with Crippen molar-refractivity contribution in [2.45, 2.75) is 13.1 Å². The molecule has 3 aromatic carbocycles. The smallest absolute Gasteiger partial charge is 0.416 e. The van der Waals surface area contributed by atoms with Crippen LogP contribution < -0.4 is 10.6 Å². The average molecular weight is 518 g/mol. The summed E-state index contributed by atoms with van der Waals surface area (Å²) >= 11 is 0. The molecule has 1 amide bonds. The van der Waals surface area contributed by atoms with Crippen LogP contribution in [0.25, 0.3) is 22.4 Å². The number of amides is 1. The Kier molecular flexibility index (Phi) is 6.19. The van der Waals surface area contributed by atoms with E-state index in [1.807, 2.05) is 6.92 Å². The van der Waals surface area contributed by atoms with E-state index >= 15 is 0 Å². The fourth-order valence-corrected chi connectivity index (χ4v) is 3.86. The van der Waals surface area contributed by atoms with Crippen molar-refractivity contribution in [3.05, 3.63) is 89.6 Å². The van der Waals surface area contributed by atoms with E-state index in [1.54, 1.807) is 48.3 Å². The molecule has 38 heavy (non-hydrogen) atoms. The first kappa shape index (κ1) is 24.8. The van der Waals surface area contributed by atoms with Crippen LogP contribution in [0.2, 0.25) is 0 Å². The number of carbonyl (C=O) groups excluding carboxylic acids is 1. The second kappa shape index (κ2) is 9.51. The number of nitrogens with one attached hydrogen (secondary N) is 2. The molecule has 0 radical (unpaired) electrons. The Morgan fingerprint density at radius 3 is 2.50 bits per heavy atom. The van der Waals surface area contributed by atoms with Crippen LogP contribution >= 0.6 is 0 Å². The molecule has 0 bridgehead atoms. The van der Waals surface area contributed by atoms with Crippen LogP contribution in [-0.4, -0.2) is 30.8 Å². The van der Waals surface area contributed by atoms with E-state index in [9.17, 15) is 23.1 Å². The van der Waals surface area contributed by atoms with Crippen molar-refractivity contribution in [2.24, 2.45) is 7.05 Å². The lowest BCUT2D eigenvalue weighted by Crippen LogP contribution is -2.13. The normalized spacial score (nSPS) is 11.5. The fourth-order valence-electron chi connectivity index (χ4n) is 3.86. The molecule has 0 atom stereocenters. The summed E-state index contributed by atoms with van der Waals surface area (Å²) in [5.41, 5.74) is 2.05. The quantitative estimate of drug-likeness (QED) is 0.261. The Balaban J connectivity index is 1.47. The first-order valence-electron chi connectivity index (χ1n) is 11.4. The summed E-state index contributed by atoms with van der Waals surface area (Å²) in [6.45, 7) is 1.85. The molecule has 8 nitrogen and oxygen atoms in total. The fraction of sp³-hybridized carbons (Fsp3) is 0.111. The van der Waals surface area contributed by atoms with E-state index in [-0.39, 0.29) is 17.0 Å². The number of hydrogen-bond acceptors (Lipinski definition) is 6. The van der Waals surface area contributed by atoms with E-state index in [2.05, 4.69) is 25.7 Å². The number of aromatic hydroxyl groups is 1. The Hall–Kier alpha value is -4.93. The number of fused-ring (bicyclic) bond motifs is 1. The number of nitrogens with zero attached hydrogens (tertiary/aromatic N) is 4.